The zero-order valence-electron chi connectivity index (χ0n) is 21.2. The summed E-state index contributed by atoms with van der Waals surface area (Å²) in [5, 5.41) is 11.1. The second kappa shape index (κ2) is 11.0. The number of aryl methyl sites for hydroxylation is 1. The number of nitrogens with zero attached hydrogens (tertiary/aromatic N) is 3. The lowest BCUT2D eigenvalue weighted by molar-refractivity contribution is -0.116. The highest BCUT2D eigenvalue weighted by molar-refractivity contribution is 6.30. The minimum atomic E-state index is -0.362. The Bertz CT molecular complexity index is 1180. The molecule has 1 heterocycles. The number of halogens is 1. The summed E-state index contributed by atoms with van der Waals surface area (Å²) < 4.78 is 1.73. The Morgan fingerprint density at radius 1 is 1.06 bits per heavy atom. The van der Waals surface area contributed by atoms with Crippen LogP contribution in [-0.4, -0.2) is 39.7 Å². The Morgan fingerprint density at radius 2 is 1.74 bits per heavy atom. The molecule has 1 aromatic heterocycles. The fourth-order valence-electron chi connectivity index (χ4n) is 3.50. The zero-order valence-corrected chi connectivity index (χ0v) is 22.0. The Hall–Kier alpha value is -3.32. The van der Waals surface area contributed by atoms with Crippen molar-refractivity contribution in [2.45, 2.75) is 47.0 Å². The van der Waals surface area contributed by atoms with E-state index in [0.29, 0.717) is 23.1 Å². The second-order valence-electron chi connectivity index (χ2n) is 10.2. The predicted molar refractivity (Wildman–Crippen MR) is 143 cm³/mol. The highest BCUT2D eigenvalue weighted by atomic mass is 35.5. The molecule has 0 aliphatic rings. The van der Waals surface area contributed by atoms with E-state index < -0.39 is 0 Å². The van der Waals surface area contributed by atoms with Crippen LogP contribution in [0.1, 0.15) is 45.9 Å². The number of carbonyl (C=O) groups excluding carboxylic acids is 2. The van der Waals surface area contributed by atoms with Gasteiger partial charge in [0.05, 0.1) is 11.4 Å². The van der Waals surface area contributed by atoms with Crippen molar-refractivity contribution in [3.8, 4) is 5.69 Å². The van der Waals surface area contributed by atoms with Crippen LogP contribution in [0.25, 0.3) is 5.69 Å². The van der Waals surface area contributed by atoms with E-state index in [1.165, 1.54) is 4.90 Å². The van der Waals surface area contributed by atoms with Gasteiger partial charge in [0, 0.05) is 28.7 Å². The van der Waals surface area contributed by atoms with Gasteiger partial charge in [-0.25, -0.2) is 9.48 Å². The van der Waals surface area contributed by atoms with Gasteiger partial charge in [-0.2, -0.15) is 5.10 Å². The largest absolute Gasteiger partial charge is 0.322 e. The fraction of sp³-hybridized carbons (Fsp3) is 0.370. The number of hydrogen-bond donors (Lipinski definition) is 2. The maximum Gasteiger partial charge on any atom is 0.322 e. The van der Waals surface area contributed by atoms with Crippen LogP contribution in [0.3, 0.4) is 0 Å². The third kappa shape index (κ3) is 7.33. The van der Waals surface area contributed by atoms with Crippen molar-refractivity contribution in [3.63, 3.8) is 0 Å². The normalized spacial score (nSPS) is 11.4. The highest BCUT2D eigenvalue weighted by Gasteiger charge is 2.23. The van der Waals surface area contributed by atoms with Gasteiger partial charge in [0.1, 0.15) is 12.4 Å². The van der Waals surface area contributed by atoms with Gasteiger partial charge in [0.15, 0.2) is 0 Å². The lowest BCUT2D eigenvalue weighted by atomic mass is 9.92. The van der Waals surface area contributed by atoms with E-state index >= 15 is 0 Å². The number of benzene rings is 2. The first-order chi connectivity index (χ1) is 16.4. The molecule has 35 heavy (non-hydrogen) atoms. The van der Waals surface area contributed by atoms with Gasteiger partial charge in [0.2, 0.25) is 5.91 Å². The summed E-state index contributed by atoms with van der Waals surface area (Å²) >= 11 is 6.04. The minimum Gasteiger partial charge on any atom is -0.315 e. The molecule has 186 valence electrons. The molecule has 0 bridgehead atoms. The third-order valence-corrected chi connectivity index (χ3v) is 5.54. The van der Waals surface area contributed by atoms with E-state index in [4.69, 9.17) is 16.7 Å². The van der Waals surface area contributed by atoms with Crippen LogP contribution in [0.15, 0.2) is 54.6 Å². The van der Waals surface area contributed by atoms with Crippen LogP contribution in [0.2, 0.25) is 5.02 Å². The number of aromatic nitrogens is 2. The van der Waals surface area contributed by atoms with Crippen molar-refractivity contribution in [2.24, 2.45) is 5.92 Å². The summed E-state index contributed by atoms with van der Waals surface area (Å²) in [5.41, 5.74) is 3.21. The number of anilines is 2. The second-order valence-corrected chi connectivity index (χ2v) is 10.6. The molecule has 0 aliphatic carbocycles. The lowest BCUT2D eigenvalue weighted by Crippen LogP contribution is -2.42. The molecule has 0 spiro atoms. The van der Waals surface area contributed by atoms with Crippen LogP contribution in [0.5, 0.6) is 0 Å². The SMILES string of the molecule is Cc1ccc(-n2nc(C(C)(C)C)cc2NC(=O)CN(CC(C)C)C(=O)Nc2cccc(Cl)c2)cc1. The Balaban J connectivity index is 1.81. The van der Waals surface area contributed by atoms with Crippen LogP contribution < -0.4 is 10.6 Å². The molecule has 0 unspecified atom stereocenters. The molecule has 3 amide bonds. The Morgan fingerprint density at radius 3 is 2.34 bits per heavy atom. The number of rotatable bonds is 7. The predicted octanol–water partition coefficient (Wildman–Crippen LogP) is 6.26. The minimum absolute atomic E-state index is 0.103. The van der Waals surface area contributed by atoms with Crippen LogP contribution in [0, 0.1) is 12.8 Å². The Kier molecular flexibility index (Phi) is 8.22. The average Bonchev–Trinajstić information content (AvgIpc) is 3.17. The lowest BCUT2D eigenvalue weighted by Gasteiger charge is -2.24. The summed E-state index contributed by atoms with van der Waals surface area (Å²) in [7, 11) is 0. The van der Waals surface area contributed by atoms with E-state index in [2.05, 4.69) is 31.4 Å². The molecule has 7 nitrogen and oxygen atoms in total. The molecule has 0 radical (unpaired) electrons. The molecule has 0 atom stereocenters. The first kappa shape index (κ1) is 26.3. The maximum absolute atomic E-state index is 13.1. The zero-order chi connectivity index (χ0) is 25.8. The summed E-state index contributed by atoms with van der Waals surface area (Å²) in [4.78, 5) is 27.6. The first-order valence-corrected chi connectivity index (χ1v) is 12.1. The van der Waals surface area contributed by atoms with Crippen molar-refractivity contribution in [1.29, 1.82) is 0 Å². The summed E-state index contributed by atoms with van der Waals surface area (Å²) in [6.07, 6.45) is 0. The van der Waals surface area contributed by atoms with Crippen LogP contribution in [0.4, 0.5) is 16.3 Å². The monoisotopic (exact) mass is 495 g/mol. The molecular formula is C27H34ClN5O2. The molecule has 2 aromatic carbocycles. The summed E-state index contributed by atoms with van der Waals surface area (Å²) in [5.74, 6) is 0.433. The van der Waals surface area contributed by atoms with Gasteiger partial charge < -0.3 is 15.5 Å². The van der Waals surface area contributed by atoms with Gasteiger partial charge in [-0.3, -0.25) is 4.79 Å². The molecule has 3 rings (SSSR count). The topological polar surface area (TPSA) is 79.3 Å². The van der Waals surface area contributed by atoms with Crippen LogP contribution in [-0.2, 0) is 10.2 Å². The van der Waals surface area contributed by atoms with E-state index in [-0.39, 0.29) is 29.8 Å². The quantitative estimate of drug-likeness (QED) is 0.406. The number of hydrogen-bond acceptors (Lipinski definition) is 3. The smallest absolute Gasteiger partial charge is 0.315 e. The summed E-state index contributed by atoms with van der Waals surface area (Å²) in [6.45, 7) is 12.6. The molecule has 2 N–H and O–H groups in total. The van der Waals surface area contributed by atoms with Gasteiger partial charge in [-0.15, -0.1) is 0 Å². The van der Waals surface area contributed by atoms with E-state index in [9.17, 15) is 9.59 Å². The highest BCUT2D eigenvalue weighted by Crippen LogP contribution is 2.26. The summed E-state index contributed by atoms with van der Waals surface area (Å²) in [6, 6.07) is 16.4. The van der Waals surface area contributed by atoms with Gasteiger partial charge in [0.25, 0.3) is 0 Å². The van der Waals surface area contributed by atoms with Gasteiger partial charge in [-0.05, 0) is 43.2 Å². The van der Waals surface area contributed by atoms with Crippen molar-refractivity contribution < 1.29 is 9.59 Å². The van der Waals surface area contributed by atoms with E-state index in [1.807, 2.05) is 51.1 Å². The van der Waals surface area contributed by atoms with Crippen molar-refractivity contribution in [1.82, 2.24) is 14.7 Å². The molecule has 3 aromatic rings. The third-order valence-electron chi connectivity index (χ3n) is 5.31. The maximum atomic E-state index is 13.1. The Labute approximate surface area is 212 Å². The van der Waals surface area contributed by atoms with Gasteiger partial charge >= 0.3 is 6.03 Å². The number of carbonyl (C=O) groups is 2. The van der Waals surface area contributed by atoms with E-state index in [0.717, 1.165) is 16.9 Å². The van der Waals surface area contributed by atoms with E-state index in [1.54, 1.807) is 28.9 Å². The molecule has 0 saturated carbocycles. The van der Waals surface area contributed by atoms with Crippen molar-refractivity contribution >= 4 is 35.0 Å². The molecular weight excluding hydrogens is 462 g/mol. The molecule has 0 fully saturated rings. The number of nitrogens with one attached hydrogen (secondary N) is 2. The van der Waals surface area contributed by atoms with Crippen molar-refractivity contribution in [3.05, 3.63) is 70.9 Å². The fourth-order valence-corrected chi connectivity index (χ4v) is 3.69. The average molecular weight is 496 g/mol. The van der Waals surface area contributed by atoms with Gasteiger partial charge in [-0.1, -0.05) is 70.0 Å². The molecule has 0 saturated heterocycles. The number of urea groups is 1. The molecule has 0 aliphatic heterocycles. The van der Waals surface area contributed by atoms with Crippen LogP contribution >= 0.6 is 11.6 Å². The standard InChI is InChI=1S/C27H34ClN5O2/c1-18(2)16-32(26(35)29-21-9-7-8-20(28)14-21)17-25(34)30-24-15-23(27(4,5)6)31-33(24)22-12-10-19(3)11-13-22/h7-15,18H,16-17H2,1-6H3,(H,29,35)(H,30,34). The number of amides is 3. The van der Waals surface area contributed by atoms with Crippen molar-refractivity contribution in [2.75, 3.05) is 23.7 Å². The molecule has 8 heteroatoms. The first-order valence-electron chi connectivity index (χ1n) is 11.7.